The van der Waals surface area contributed by atoms with Crippen LogP contribution in [0.1, 0.15) is 18.5 Å². The van der Waals surface area contributed by atoms with Gasteiger partial charge in [-0.2, -0.15) is 5.10 Å². The first-order valence-electron chi connectivity index (χ1n) is 7.17. The lowest BCUT2D eigenvalue weighted by atomic mass is 10.4. The molecule has 6 nitrogen and oxygen atoms in total. The van der Waals surface area contributed by atoms with Crippen LogP contribution in [0, 0.1) is 5.92 Å². The maximum atomic E-state index is 5.65. The van der Waals surface area contributed by atoms with Gasteiger partial charge < -0.3 is 15.0 Å². The van der Waals surface area contributed by atoms with Gasteiger partial charge in [0.1, 0.15) is 0 Å². The molecular weight excluding hydrogens is 381 g/mol. The number of hydrogen-bond acceptors (Lipinski definition) is 3. The van der Waals surface area contributed by atoms with Gasteiger partial charge in [-0.05, 0) is 24.8 Å². The van der Waals surface area contributed by atoms with Crippen molar-refractivity contribution in [1.82, 2.24) is 20.0 Å². The van der Waals surface area contributed by atoms with Crippen molar-refractivity contribution in [2.75, 3.05) is 33.9 Å². The number of ether oxygens (including phenoxy) is 1. The molecule has 21 heavy (non-hydrogen) atoms. The van der Waals surface area contributed by atoms with E-state index in [0.717, 1.165) is 43.9 Å². The summed E-state index contributed by atoms with van der Waals surface area (Å²) < 4.78 is 7.51. The molecule has 0 aliphatic heterocycles. The van der Waals surface area contributed by atoms with Crippen molar-refractivity contribution in [2.45, 2.75) is 19.4 Å². The number of guanidine groups is 1. The van der Waals surface area contributed by atoms with Crippen LogP contribution in [0.25, 0.3) is 0 Å². The molecule has 1 N–H and O–H groups in total. The van der Waals surface area contributed by atoms with Crippen LogP contribution in [0.15, 0.2) is 17.3 Å². The summed E-state index contributed by atoms with van der Waals surface area (Å²) in [5.74, 6) is 1.70. The standard InChI is InChI=1S/C14H25N5O.HI/c1-15-14(16-10-13-6-7-17-19(13)3)18(2)8-9-20-11-12-4-5-12;/h6-7,12H,4-5,8-11H2,1-3H3,(H,15,16);1H. The molecule has 0 unspecified atom stereocenters. The molecule has 1 fully saturated rings. The molecular formula is C14H26IN5O. The lowest BCUT2D eigenvalue weighted by Gasteiger charge is -2.22. The predicted octanol–water partition coefficient (Wildman–Crippen LogP) is 1.47. The van der Waals surface area contributed by atoms with Crippen LogP contribution in [0.5, 0.6) is 0 Å². The molecule has 1 heterocycles. The third-order valence-electron chi connectivity index (χ3n) is 3.54. The average Bonchev–Trinajstić information content (AvgIpc) is 3.18. The molecule has 0 atom stereocenters. The number of nitrogens with one attached hydrogen (secondary N) is 1. The van der Waals surface area contributed by atoms with Crippen LogP contribution in [-0.4, -0.2) is 54.5 Å². The van der Waals surface area contributed by atoms with Crippen molar-refractivity contribution >= 4 is 29.9 Å². The first-order valence-corrected chi connectivity index (χ1v) is 7.17. The van der Waals surface area contributed by atoms with Gasteiger partial charge in [-0.15, -0.1) is 24.0 Å². The molecule has 0 amide bonds. The van der Waals surface area contributed by atoms with E-state index < -0.39 is 0 Å². The normalized spacial score (nSPS) is 14.7. The van der Waals surface area contributed by atoms with Gasteiger partial charge in [0.25, 0.3) is 0 Å². The van der Waals surface area contributed by atoms with Crippen LogP contribution in [-0.2, 0) is 18.3 Å². The largest absolute Gasteiger partial charge is 0.379 e. The van der Waals surface area contributed by atoms with Crippen LogP contribution < -0.4 is 5.32 Å². The van der Waals surface area contributed by atoms with E-state index in [4.69, 9.17) is 4.74 Å². The number of rotatable bonds is 7. The number of likely N-dealkylation sites (N-methyl/N-ethyl adjacent to an activating group) is 1. The minimum Gasteiger partial charge on any atom is -0.379 e. The number of hydrogen-bond donors (Lipinski definition) is 1. The molecule has 0 bridgehead atoms. The number of aryl methyl sites for hydroxylation is 1. The molecule has 0 spiro atoms. The molecule has 0 saturated heterocycles. The topological polar surface area (TPSA) is 54.7 Å². The second-order valence-electron chi connectivity index (χ2n) is 5.29. The van der Waals surface area contributed by atoms with Gasteiger partial charge >= 0.3 is 0 Å². The van der Waals surface area contributed by atoms with Gasteiger partial charge in [-0.1, -0.05) is 0 Å². The van der Waals surface area contributed by atoms with E-state index >= 15 is 0 Å². The minimum absolute atomic E-state index is 0. The van der Waals surface area contributed by atoms with E-state index in [2.05, 4.69) is 20.3 Å². The van der Waals surface area contributed by atoms with E-state index in [-0.39, 0.29) is 24.0 Å². The van der Waals surface area contributed by atoms with Crippen LogP contribution >= 0.6 is 24.0 Å². The highest BCUT2D eigenvalue weighted by Crippen LogP contribution is 2.28. The first kappa shape index (κ1) is 18.2. The Morgan fingerprint density at radius 1 is 1.57 bits per heavy atom. The second-order valence-corrected chi connectivity index (χ2v) is 5.29. The Hall–Kier alpha value is -0.830. The average molecular weight is 407 g/mol. The lowest BCUT2D eigenvalue weighted by Crippen LogP contribution is -2.40. The molecule has 7 heteroatoms. The highest BCUT2D eigenvalue weighted by atomic mass is 127. The maximum absolute atomic E-state index is 5.65. The highest BCUT2D eigenvalue weighted by molar-refractivity contribution is 14.0. The maximum Gasteiger partial charge on any atom is 0.193 e. The number of nitrogens with zero attached hydrogens (tertiary/aromatic N) is 4. The van der Waals surface area contributed by atoms with E-state index in [1.54, 1.807) is 13.2 Å². The second kappa shape index (κ2) is 9.24. The molecule has 1 aromatic heterocycles. The Bertz CT molecular complexity index is 444. The molecule has 1 aliphatic carbocycles. The molecule has 1 aromatic rings. The summed E-state index contributed by atoms with van der Waals surface area (Å²) in [6.07, 6.45) is 4.47. The SMILES string of the molecule is CN=C(NCc1ccnn1C)N(C)CCOCC1CC1.I. The summed E-state index contributed by atoms with van der Waals surface area (Å²) >= 11 is 0. The van der Waals surface area contributed by atoms with Gasteiger partial charge in [0.2, 0.25) is 0 Å². The summed E-state index contributed by atoms with van der Waals surface area (Å²) in [6, 6.07) is 2.00. The summed E-state index contributed by atoms with van der Waals surface area (Å²) in [7, 11) is 5.77. The molecule has 0 aromatic carbocycles. The third-order valence-corrected chi connectivity index (χ3v) is 3.54. The fraction of sp³-hybridized carbons (Fsp3) is 0.714. The fourth-order valence-corrected chi connectivity index (χ4v) is 1.97. The van der Waals surface area contributed by atoms with Crippen molar-refractivity contribution in [2.24, 2.45) is 18.0 Å². The van der Waals surface area contributed by atoms with Crippen LogP contribution in [0.2, 0.25) is 0 Å². The Morgan fingerprint density at radius 3 is 2.90 bits per heavy atom. The summed E-state index contributed by atoms with van der Waals surface area (Å²) in [5.41, 5.74) is 1.13. The van der Waals surface area contributed by atoms with Gasteiger partial charge in [0.05, 0.1) is 18.8 Å². The summed E-state index contributed by atoms with van der Waals surface area (Å²) in [5, 5.41) is 7.49. The van der Waals surface area contributed by atoms with Gasteiger partial charge in [0, 0.05) is 40.5 Å². The van der Waals surface area contributed by atoms with Crippen molar-refractivity contribution in [1.29, 1.82) is 0 Å². The minimum atomic E-state index is 0. The predicted molar refractivity (Wildman–Crippen MR) is 95.0 cm³/mol. The van der Waals surface area contributed by atoms with E-state index in [1.165, 1.54) is 12.8 Å². The quantitative estimate of drug-likeness (QED) is 0.322. The van der Waals surface area contributed by atoms with E-state index in [0.29, 0.717) is 0 Å². The molecule has 120 valence electrons. The van der Waals surface area contributed by atoms with Crippen molar-refractivity contribution < 1.29 is 4.74 Å². The van der Waals surface area contributed by atoms with Crippen LogP contribution in [0.4, 0.5) is 0 Å². The number of halogens is 1. The fourth-order valence-electron chi connectivity index (χ4n) is 1.97. The summed E-state index contributed by atoms with van der Waals surface area (Å²) in [4.78, 5) is 6.38. The Labute approximate surface area is 144 Å². The van der Waals surface area contributed by atoms with E-state index in [1.807, 2.05) is 24.8 Å². The first-order chi connectivity index (χ1) is 9.70. The Kier molecular flexibility index (Phi) is 8.02. The van der Waals surface area contributed by atoms with Gasteiger partial charge in [-0.25, -0.2) is 0 Å². The lowest BCUT2D eigenvalue weighted by molar-refractivity contribution is 0.115. The van der Waals surface area contributed by atoms with Gasteiger partial charge in [-0.3, -0.25) is 9.67 Å². The Balaban J connectivity index is 0.00000220. The van der Waals surface area contributed by atoms with E-state index in [9.17, 15) is 0 Å². The van der Waals surface area contributed by atoms with Crippen molar-refractivity contribution in [3.05, 3.63) is 18.0 Å². The molecule has 0 radical (unpaired) electrons. The zero-order valence-corrected chi connectivity index (χ0v) is 15.4. The highest BCUT2D eigenvalue weighted by Gasteiger charge is 2.21. The summed E-state index contributed by atoms with van der Waals surface area (Å²) in [6.45, 7) is 3.22. The zero-order valence-electron chi connectivity index (χ0n) is 13.1. The van der Waals surface area contributed by atoms with Crippen molar-refractivity contribution in [3.8, 4) is 0 Å². The van der Waals surface area contributed by atoms with Crippen molar-refractivity contribution in [3.63, 3.8) is 0 Å². The number of aliphatic imine (C=N–C) groups is 1. The Morgan fingerprint density at radius 2 is 2.33 bits per heavy atom. The smallest absolute Gasteiger partial charge is 0.193 e. The zero-order chi connectivity index (χ0) is 14.4. The van der Waals surface area contributed by atoms with Crippen LogP contribution in [0.3, 0.4) is 0 Å². The molecule has 2 rings (SSSR count). The molecule has 1 saturated carbocycles. The monoisotopic (exact) mass is 407 g/mol. The van der Waals surface area contributed by atoms with Gasteiger partial charge in [0.15, 0.2) is 5.96 Å². The third kappa shape index (κ3) is 6.21. The number of aromatic nitrogens is 2. The molecule has 1 aliphatic rings.